The lowest BCUT2D eigenvalue weighted by atomic mass is 9.99. The monoisotopic (exact) mass is 571 g/mol. The van der Waals surface area contributed by atoms with Crippen molar-refractivity contribution in [3.8, 4) is 0 Å². The Morgan fingerprint density at radius 1 is 1.00 bits per heavy atom. The van der Waals surface area contributed by atoms with E-state index >= 15 is 0 Å². The lowest BCUT2D eigenvalue weighted by molar-refractivity contribution is -0.140. The standard InChI is InChI=1S/C26H25ClF3NO4S2/c1-17(23-9-5-20(28)15-18(23)11-13-36-14-12-26(32)35-2)31(25-16-21(29)6-10-24(25)30)37(33,34)22-7-3-19(27)4-8-22/h3-10,15-17H,11-14H2,1-2H3. The van der Waals surface area contributed by atoms with Gasteiger partial charge in [0.1, 0.15) is 17.5 Å². The van der Waals surface area contributed by atoms with E-state index in [9.17, 15) is 26.4 Å². The third-order valence-corrected chi connectivity index (χ3v) is 8.75. The zero-order chi connectivity index (χ0) is 27.2. The van der Waals surface area contributed by atoms with Gasteiger partial charge in [0.2, 0.25) is 0 Å². The van der Waals surface area contributed by atoms with Crippen molar-refractivity contribution in [2.45, 2.75) is 30.7 Å². The van der Waals surface area contributed by atoms with Crippen molar-refractivity contribution >= 4 is 45.0 Å². The molecule has 0 aliphatic heterocycles. The molecule has 0 aromatic heterocycles. The van der Waals surface area contributed by atoms with Crippen molar-refractivity contribution < 1.29 is 31.1 Å². The van der Waals surface area contributed by atoms with Crippen LogP contribution >= 0.6 is 23.4 Å². The first kappa shape index (κ1) is 28.9. The third kappa shape index (κ3) is 7.21. The van der Waals surface area contributed by atoms with Gasteiger partial charge in [0.05, 0.1) is 30.2 Å². The maximum absolute atomic E-state index is 15.0. The summed E-state index contributed by atoms with van der Waals surface area (Å²) in [5.41, 5.74) is 0.451. The van der Waals surface area contributed by atoms with E-state index in [1.54, 1.807) is 0 Å². The maximum atomic E-state index is 15.0. The van der Waals surface area contributed by atoms with Gasteiger partial charge in [-0.2, -0.15) is 11.8 Å². The number of hydrogen-bond donors (Lipinski definition) is 0. The van der Waals surface area contributed by atoms with Crippen LogP contribution in [0.5, 0.6) is 0 Å². The van der Waals surface area contributed by atoms with E-state index in [1.807, 2.05) is 0 Å². The number of halogens is 4. The Labute approximate surface area is 223 Å². The lowest BCUT2D eigenvalue weighted by Gasteiger charge is -2.32. The molecule has 0 heterocycles. The molecule has 5 nitrogen and oxygen atoms in total. The Morgan fingerprint density at radius 3 is 2.32 bits per heavy atom. The number of ether oxygens (including phenoxy) is 1. The first-order chi connectivity index (χ1) is 17.5. The molecule has 0 N–H and O–H groups in total. The van der Waals surface area contributed by atoms with Crippen molar-refractivity contribution in [2.24, 2.45) is 0 Å². The first-order valence-corrected chi connectivity index (χ1v) is 14.2. The molecule has 3 aromatic rings. The normalized spacial score (nSPS) is 12.3. The van der Waals surface area contributed by atoms with E-state index in [4.69, 9.17) is 11.6 Å². The molecular formula is C26H25ClF3NO4S2. The summed E-state index contributed by atoms with van der Waals surface area (Å²) >= 11 is 7.37. The van der Waals surface area contributed by atoms with Gasteiger partial charge in [-0.1, -0.05) is 17.7 Å². The van der Waals surface area contributed by atoms with Crippen LogP contribution in [0.25, 0.3) is 0 Å². The van der Waals surface area contributed by atoms with Gasteiger partial charge in [0.15, 0.2) is 0 Å². The van der Waals surface area contributed by atoms with Crippen molar-refractivity contribution in [3.63, 3.8) is 0 Å². The zero-order valence-corrected chi connectivity index (χ0v) is 22.5. The van der Waals surface area contributed by atoms with E-state index in [0.29, 0.717) is 34.1 Å². The molecule has 1 atom stereocenters. The van der Waals surface area contributed by atoms with Crippen LogP contribution in [0.1, 0.15) is 30.5 Å². The molecule has 198 valence electrons. The minimum absolute atomic E-state index is 0.172. The van der Waals surface area contributed by atoms with Gasteiger partial charge in [-0.3, -0.25) is 9.10 Å². The molecule has 0 aliphatic carbocycles. The van der Waals surface area contributed by atoms with Crippen molar-refractivity contribution in [1.29, 1.82) is 0 Å². The molecular weight excluding hydrogens is 547 g/mol. The number of rotatable bonds is 11. The number of methoxy groups -OCH3 is 1. The summed E-state index contributed by atoms with van der Waals surface area (Å²) in [7, 11) is -3.10. The van der Waals surface area contributed by atoms with Gasteiger partial charge in [0, 0.05) is 16.8 Å². The number of nitrogens with zero attached hydrogens (tertiary/aromatic N) is 1. The Hall–Kier alpha value is -2.69. The van der Waals surface area contributed by atoms with Crippen molar-refractivity contribution in [3.05, 3.63) is 94.3 Å². The van der Waals surface area contributed by atoms with Crippen molar-refractivity contribution in [2.75, 3.05) is 22.9 Å². The van der Waals surface area contributed by atoms with Crippen LogP contribution in [0.15, 0.2) is 65.6 Å². The third-order valence-electron chi connectivity index (χ3n) is 5.62. The first-order valence-electron chi connectivity index (χ1n) is 11.2. The molecule has 3 aromatic carbocycles. The summed E-state index contributed by atoms with van der Waals surface area (Å²) in [5, 5.41) is 0.306. The number of anilines is 1. The topological polar surface area (TPSA) is 63.7 Å². The molecule has 0 bridgehead atoms. The molecule has 0 aliphatic rings. The summed E-state index contributed by atoms with van der Waals surface area (Å²) in [6, 6.07) is 10.8. The molecule has 0 spiro atoms. The zero-order valence-electron chi connectivity index (χ0n) is 20.1. The Balaban J connectivity index is 2.02. The molecule has 0 fully saturated rings. The van der Waals surface area contributed by atoms with E-state index in [2.05, 4.69) is 4.74 Å². The molecule has 1 unspecified atom stereocenters. The second-order valence-corrected chi connectivity index (χ2v) is 11.5. The quantitative estimate of drug-likeness (QED) is 0.193. The fraction of sp³-hybridized carbons (Fsp3) is 0.269. The molecule has 0 radical (unpaired) electrons. The SMILES string of the molecule is COC(=O)CCSCCc1cc(F)ccc1C(C)N(c1cc(F)ccc1F)S(=O)(=O)c1ccc(Cl)cc1. The molecule has 0 amide bonds. The van der Waals surface area contributed by atoms with Gasteiger partial charge < -0.3 is 4.74 Å². The van der Waals surface area contributed by atoms with Crippen LogP contribution in [0, 0.1) is 17.5 Å². The number of hydrogen-bond acceptors (Lipinski definition) is 5. The largest absolute Gasteiger partial charge is 0.469 e. The molecule has 37 heavy (non-hydrogen) atoms. The summed E-state index contributed by atoms with van der Waals surface area (Å²) in [4.78, 5) is 11.1. The Kier molecular flexibility index (Phi) is 9.92. The number of carbonyl (C=O) groups excluding carboxylic acids is 1. The molecule has 3 rings (SSSR count). The van der Waals surface area contributed by atoms with Crippen LogP contribution in [0.4, 0.5) is 18.9 Å². The summed E-state index contributed by atoms with van der Waals surface area (Å²) in [6.07, 6.45) is 0.573. The van der Waals surface area contributed by atoms with Crippen LogP contribution < -0.4 is 4.31 Å². The number of thioether (sulfide) groups is 1. The Morgan fingerprint density at radius 2 is 1.65 bits per heavy atom. The maximum Gasteiger partial charge on any atom is 0.306 e. The number of carbonyl (C=O) groups is 1. The predicted molar refractivity (Wildman–Crippen MR) is 140 cm³/mol. The lowest BCUT2D eigenvalue weighted by Crippen LogP contribution is -2.35. The molecule has 11 heteroatoms. The van der Waals surface area contributed by atoms with Gasteiger partial charge in [-0.05, 0) is 78.8 Å². The Bertz CT molecular complexity index is 1350. The predicted octanol–water partition coefficient (Wildman–Crippen LogP) is 6.55. The van der Waals surface area contributed by atoms with Gasteiger partial charge in [-0.25, -0.2) is 21.6 Å². The van der Waals surface area contributed by atoms with E-state index < -0.39 is 39.2 Å². The van der Waals surface area contributed by atoms with Crippen LogP contribution in [-0.4, -0.2) is 33.0 Å². The van der Waals surface area contributed by atoms with Gasteiger partial charge in [-0.15, -0.1) is 0 Å². The van der Waals surface area contributed by atoms with E-state index in [0.717, 1.165) is 22.5 Å². The highest BCUT2D eigenvalue weighted by atomic mass is 35.5. The average molecular weight is 572 g/mol. The number of aryl methyl sites for hydroxylation is 1. The average Bonchev–Trinajstić information content (AvgIpc) is 2.86. The van der Waals surface area contributed by atoms with Gasteiger partial charge in [0.25, 0.3) is 10.0 Å². The van der Waals surface area contributed by atoms with Crippen LogP contribution in [0.3, 0.4) is 0 Å². The minimum atomic E-state index is -4.41. The van der Waals surface area contributed by atoms with Crippen LogP contribution in [0.2, 0.25) is 5.02 Å². The van der Waals surface area contributed by atoms with E-state index in [-0.39, 0.29) is 17.3 Å². The highest BCUT2D eigenvalue weighted by Gasteiger charge is 2.33. The smallest absolute Gasteiger partial charge is 0.306 e. The summed E-state index contributed by atoms with van der Waals surface area (Å²) < 4.78 is 76.3. The van der Waals surface area contributed by atoms with Crippen LogP contribution in [-0.2, 0) is 26.0 Å². The molecule has 0 saturated carbocycles. The summed E-state index contributed by atoms with van der Waals surface area (Å²) in [6.45, 7) is 1.53. The molecule has 0 saturated heterocycles. The number of benzene rings is 3. The van der Waals surface area contributed by atoms with Crippen molar-refractivity contribution in [1.82, 2.24) is 0 Å². The minimum Gasteiger partial charge on any atom is -0.469 e. The van der Waals surface area contributed by atoms with E-state index in [1.165, 1.54) is 68.3 Å². The second-order valence-electron chi connectivity index (χ2n) is 8.06. The fourth-order valence-electron chi connectivity index (χ4n) is 3.79. The second kappa shape index (κ2) is 12.7. The van der Waals surface area contributed by atoms with Gasteiger partial charge >= 0.3 is 5.97 Å². The number of esters is 1. The highest BCUT2D eigenvalue weighted by Crippen LogP contribution is 2.37. The fourth-order valence-corrected chi connectivity index (χ4v) is 6.43. The highest BCUT2D eigenvalue weighted by molar-refractivity contribution is 7.99. The summed E-state index contributed by atoms with van der Waals surface area (Å²) in [5.74, 6) is -1.60. The number of sulfonamides is 1.